The molecule has 26 heavy (non-hydrogen) atoms. The number of amides is 4. The van der Waals surface area contributed by atoms with E-state index in [0.717, 1.165) is 14.9 Å². The molecule has 6 nitrogen and oxygen atoms in total. The Morgan fingerprint density at radius 3 is 2.62 bits per heavy atom. The van der Waals surface area contributed by atoms with E-state index in [9.17, 15) is 14.4 Å². The average molecular weight is 435 g/mol. The van der Waals surface area contributed by atoms with Crippen LogP contribution in [-0.2, 0) is 9.59 Å². The Morgan fingerprint density at radius 1 is 1.19 bits per heavy atom. The molecule has 0 radical (unpaired) electrons. The molecule has 0 bridgehead atoms. The van der Waals surface area contributed by atoms with Crippen LogP contribution in [0.4, 0.5) is 16.2 Å². The second-order valence-corrected chi connectivity index (χ2v) is 6.93. The summed E-state index contributed by atoms with van der Waals surface area (Å²) < 4.78 is 0.782. The molecule has 4 amide bonds. The number of rotatable bonds is 3. The molecule has 1 N–H and O–H groups in total. The number of urea groups is 1. The first-order chi connectivity index (χ1) is 12.4. The van der Waals surface area contributed by atoms with Crippen molar-refractivity contribution in [1.29, 1.82) is 0 Å². The lowest BCUT2D eigenvalue weighted by Crippen LogP contribution is -2.58. The van der Waals surface area contributed by atoms with Crippen molar-refractivity contribution in [2.75, 3.05) is 4.90 Å². The number of barbiturate groups is 1. The van der Waals surface area contributed by atoms with Crippen LogP contribution in [0.15, 0.2) is 51.9 Å². The van der Waals surface area contributed by atoms with E-state index in [2.05, 4.69) is 26.2 Å². The van der Waals surface area contributed by atoms with Gasteiger partial charge in [-0.15, -0.1) is 0 Å². The fraction of sp³-hybridized carbons (Fsp3) is 0.111. The summed E-state index contributed by atoms with van der Waals surface area (Å²) in [6.07, 6.45) is 1.20. The number of para-hydroxylation sites is 1. The van der Waals surface area contributed by atoms with Gasteiger partial charge in [-0.25, -0.2) is 9.69 Å². The van der Waals surface area contributed by atoms with Crippen LogP contribution in [0.3, 0.4) is 0 Å². The molecule has 1 aliphatic heterocycles. The van der Waals surface area contributed by atoms with Crippen LogP contribution in [-0.4, -0.2) is 24.1 Å². The number of carbonyl (C=O) groups excluding carboxylic acids is 3. The summed E-state index contributed by atoms with van der Waals surface area (Å²) in [7, 11) is 0. The zero-order valence-corrected chi connectivity index (χ0v) is 15.9. The standard InChI is InChI=1S/C18H13BrClN3O3/c1-10-4-2-3-5-15(10)23-17(25)12(16(24)22-18(23)26)9-21-14-7-6-11(19)8-13(14)20/h2-9,12H,1H3,(H,22,24,26)/t12-/m0/s1. The van der Waals surface area contributed by atoms with Crippen LogP contribution in [0.5, 0.6) is 0 Å². The van der Waals surface area contributed by atoms with Crippen molar-refractivity contribution in [2.45, 2.75) is 6.92 Å². The molecular weight excluding hydrogens is 422 g/mol. The summed E-state index contributed by atoms with van der Waals surface area (Å²) in [5, 5.41) is 2.56. The average Bonchev–Trinajstić information content (AvgIpc) is 2.57. The highest BCUT2D eigenvalue weighted by atomic mass is 79.9. The van der Waals surface area contributed by atoms with Crippen LogP contribution >= 0.6 is 27.5 Å². The molecule has 1 saturated heterocycles. The van der Waals surface area contributed by atoms with Gasteiger partial charge in [-0.2, -0.15) is 0 Å². The number of benzene rings is 2. The number of aryl methyl sites for hydroxylation is 1. The Hall–Kier alpha value is -2.51. The minimum Gasteiger partial charge on any atom is -0.276 e. The summed E-state index contributed by atoms with van der Waals surface area (Å²) in [4.78, 5) is 42.2. The van der Waals surface area contributed by atoms with Gasteiger partial charge in [0.05, 0.1) is 16.4 Å². The summed E-state index contributed by atoms with van der Waals surface area (Å²) in [5.74, 6) is -2.61. The number of nitrogens with zero attached hydrogens (tertiary/aromatic N) is 2. The molecule has 1 atom stereocenters. The number of imide groups is 2. The van der Waals surface area contributed by atoms with Crippen molar-refractivity contribution in [3.63, 3.8) is 0 Å². The highest BCUT2D eigenvalue weighted by Gasteiger charge is 2.40. The van der Waals surface area contributed by atoms with Gasteiger partial charge in [0.2, 0.25) is 5.91 Å². The largest absolute Gasteiger partial charge is 0.335 e. The zero-order valence-electron chi connectivity index (χ0n) is 13.6. The number of hydrogen-bond acceptors (Lipinski definition) is 4. The van der Waals surface area contributed by atoms with E-state index in [0.29, 0.717) is 16.4 Å². The van der Waals surface area contributed by atoms with Gasteiger partial charge in [-0.05, 0) is 36.8 Å². The molecule has 3 rings (SSSR count). The van der Waals surface area contributed by atoms with Gasteiger partial charge in [0.25, 0.3) is 5.91 Å². The van der Waals surface area contributed by atoms with E-state index < -0.39 is 23.8 Å². The summed E-state index contributed by atoms with van der Waals surface area (Å²) in [5.41, 5.74) is 1.56. The van der Waals surface area contributed by atoms with Crippen molar-refractivity contribution in [3.05, 3.63) is 57.5 Å². The normalized spacial score (nSPS) is 17.7. The molecular formula is C18H13BrClN3O3. The highest BCUT2D eigenvalue weighted by molar-refractivity contribution is 9.10. The molecule has 1 fully saturated rings. The smallest absolute Gasteiger partial charge is 0.276 e. The maximum Gasteiger partial charge on any atom is 0.335 e. The molecule has 132 valence electrons. The Labute approximate surface area is 163 Å². The molecule has 2 aromatic carbocycles. The van der Waals surface area contributed by atoms with Gasteiger partial charge in [0.1, 0.15) is 0 Å². The Morgan fingerprint density at radius 2 is 1.92 bits per heavy atom. The van der Waals surface area contributed by atoms with Gasteiger partial charge in [-0.3, -0.25) is 19.9 Å². The Bertz CT molecular complexity index is 945. The SMILES string of the molecule is Cc1ccccc1N1C(=O)NC(=O)[C@H](C=Nc2ccc(Br)cc2Cl)C1=O. The third-order valence-corrected chi connectivity index (χ3v) is 4.63. The summed E-state index contributed by atoms with van der Waals surface area (Å²) in [6, 6.07) is 11.2. The maximum atomic E-state index is 12.8. The molecule has 0 aromatic heterocycles. The van der Waals surface area contributed by atoms with Gasteiger partial charge in [0, 0.05) is 10.7 Å². The molecule has 0 saturated carbocycles. The lowest BCUT2D eigenvalue weighted by Gasteiger charge is -2.29. The van der Waals surface area contributed by atoms with E-state index in [1.807, 2.05) is 0 Å². The molecule has 0 aliphatic carbocycles. The first-order valence-electron chi connectivity index (χ1n) is 7.62. The van der Waals surface area contributed by atoms with Crippen LogP contribution in [0.1, 0.15) is 5.56 Å². The number of aliphatic imine (C=N–C) groups is 1. The molecule has 1 heterocycles. The highest BCUT2D eigenvalue weighted by Crippen LogP contribution is 2.29. The monoisotopic (exact) mass is 433 g/mol. The number of carbonyl (C=O) groups is 3. The minimum atomic E-state index is -1.23. The van der Waals surface area contributed by atoms with Crippen molar-refractivity contribution in [3.8, 4) is 0 Å². The van der Waals surface area contributed by atoms with E-state index >= 15 is 0 Å². The molecule has 0 spiro atoms. The molecule has 1 aliphatic rings. The van der Waals surface area contributed by atoms with Crippen LogP contribution in [0, 0.1) is 12.8 Å². The lowest BCUT2D eigenvalue weighted by atomic mass is 10.0. The molecule has 2 aromatic rings. The Kier molecular flexibility index (Phi) is 5.20. The second-order valence-electron chi connectivity index (χ2n) is 5.61. The summed E-state index contributed by atoms with van der Waals surface area (Å²) in [6.45, 7) is 1.77. The number of hydrogen-bond donors (Lipinski definition) is 1. The van der Waals surface area contributed by atoms with E-state index in [1.54, 1.807) is 49.4 Å². The third kappa shape index (κ3) is 3.54. The zero-order chi connectivity index (χ0) is 18.8. The van der Waals surface area contributed by atoms with Gasteiger partial charge in [0.15, 0.2) is 5.92 Å². The third-order valence-electron chi connectivity index (χ3n) is 3.83. The number of nitrogens with one attached hydrogen (secondary N) is 1. The molecule has 0 unspecified atom stereocenters. The predicted octanol–water partition coefficient (Wildman–Crippen LogP) is 4.01. The van der Waals surface area contributed by atoms with E-state index in [1.165, 1.54) is 6.21 Å². The van der Waals surface area contributed by atoms with Gasteiger partial charge in [-0.1, -0.05) is 45.7 Å². The van der Waals surface area contributed by atoms with Crippen molar-refractivity contribution >= 4 is 63.0 Å². The van der Waals surface area contributed by atoms with Gasteiger partial charge < -0.3 is 0 Å². The molecule has 8 heteroatoms. The minimum absolute atomic E-state index is 0.367. The quantitative estimate of drug-likeness (QED) is 0.585. The van der Waals surface area contributed by atoms with Gasteiger partial charge >= 0.3 is 6.03 Å². The van der Waals surface area contributed by atoms with Crippen LogP contribution < -0.4 is 10.2 Å². The lowest BCUT2D eigenvalue weighted by molar-refractivity contribution is -0.131. The second kappa shape index (κ2) is 7.39. The maximum absolute atomic E-state index is 12.8. The van der Waals surface area contributed by atoms with E-state index in [4.69, 9.17) is 11.6 Å². The number of anilines is 1. The first kappa shape index (κ1) is 18.3. The van der Waals surface area contributed by atoms with E-state index in [-0.39, 0.29) is 0 Å². The van der Waals surface area contributed by atoms with Crippen LogP contribution in [0.2, 0.25) is 5.02 Å². The fourth-order valence-corrected chi connectivity index (χ4v) is 3.23. The van der Waals surface area contributed by atoms with Crippen molar-refractivity contribution < 1.29 is 14.4 Å². The van der Waals surface area contributed by atoms with Crippen molar-refractivity contribution in [2.24, 2.45) is 10.9 Å². The number of halogens is 2. The topological polar surface area (TPSA) is 78.8 Å². The summed E-state index contributed by atoms with van der Waals surface area (Å²) >= 11 is 9.39. The fourth-order valence-electron chi connectivity index (χ4n) is 2.51. The predicted molar refractivity (Wildman–Crippen MR) is 103 cm³/mol. The Balaban J connectivity index is 1.93. The van der Waals surface area contributed by atoms with Crippen LogP contribution in [0.25, 0.3) is 0 Å². The first-order valence-corrected chi connectivity index (χ1v) is 8.79. The van der Waals surface area contributed by atoms with Crippen molar-refractivity contribution in [1.82, 2.24) is 5.32 Å².